The Balaban J connectivity index is 2.39. The minimum absolute atomic E-state index is 0.153. The molecule has 5 heteroatoms. The van der Waals surface area contributed by atoms with Crippen molar-refractivity contribution in [3.8, 4) is 0 Å². The molecule has 80 valence electrons. The summed E-state index contributed by atoms with van der Waals surface area (Å²) < 4.78 is 5.05. The van der Waals surface area contributed by atoms with Crippen LogP contribution in [0.15, 0.2) is 0 Å². The number of carbonyl (C=O) groups is 2. The first-order chi connectivity index (χ1) is 6.58. The first kappa shape index (κ1) is 11.4. The summed E-state index contributed by atoms with van der Waals surface area (Å²) in [6.45, 7) is 4.16. The molecular weight excluding hydrogens is 202 g/mol. The highest BCUT2D eigenvalue weighted by molar-refractivity contribution is 8.14. The van der Waals surface area contributed by atoms with Gasteiger partial charge in [-0.25, -0.2) is 4.79 Å². The van der Waals surface area contributed by atoms with Crippen LogP contribution in [-0.2, 0) is 9.53 Å². The van der Waals surface area contributed by atoms with E-state index >= 15 is 0 Å². The lowest BCUT2D eigenvalue weighted by Crippen LogP contribution is -2.49. The maximum Gasteiger partial charge on any atom is 0.332 e. The van der Waals surface area contributed by atoms with E-state index in [4.69, 9.17) is 4.74 Å². The SMILES string of the molecule is CCCCOC(=O)[C@@]1(C)CSC(=O)N1. The van der Waals surface area contributed by atoms with Crippen molar-refractivity contribution < 1.29 is 14.3 Å². The maximum atomic E-state index is 11.5. The van der Waals surface area contributed by atoms with Gasteiger partial charge in [0.1, 0.15) is 5.54 Å². The third-order valence-corrected chi connectivity index (χ3v) is 3.14. The number of hydrogen-bond donors (Lipinski definition) is 1. The van der Waals surface area contributed by atoms with Gasteiger partial charge >= 0.3 is 5.97 Å². The average Bonchev–Trinajstić information content (AvgIpc) is 2.48. The van der Waals surface area contributed by atoms with Crippen LogP contribution in [0.1, 0.15) is 26.7 Å². The fourth-order valence-electron chi connectivity index (χ4n) is 1.09. The average molecular weight is 217 g/mol. The topological polar surface area (TPSA) is 55.4 Å². The Morgan fingerprint density at radius 1 is 1.71 bits per heavy atom. The smallest absolute Gasteiger partial charge is 0.332 e. The van der Waals surface area contributed by atoms with E-state index < -0.39 is 5.54 Å². The van der Waals surface area contributed by atoms with E-state index in [9.17, 15) is 9.59 Å². The molecule has 1 N–H and O–H groups in total. The van der Waals surface area contributed by atoms with Crippen molar-refractivity contribution in [2.24, 2.45) is 0 Å². The van der Waals surface area contributed by atoms with Gasteiger partial charge in [0.05, 0.1) is 6.61 Å². The molecule has 0 aromatic rings. The Morgan fingerprint density at radius 2 is 2.43 bits per heavy atom. The molecule has 1 fully saturated rings. The lowest BCUT2D eigenvalue weighted by atomic mass is 10.1. The summed E-state index contributed by atoms with van der Waals surface area (Å²) in [7, 11) is 0. The standard InChI is InChI=1S/C9H15NO3S/c1-3-4-5-13-7(11)9(2)6-14-8(12)10-9/h3-6H2,1-2H3,(H,10,12)/t9-/m1/s1. The fraction of sp³-hybridized carbons (Fsp3) is 0.778. The third-order valence-electron chi connectivity index (χ3n) is 2.05. The lowest BCUT2D eigenvalue weighted by Gasteiger charge is -2.20. The first-order valence-corrected chi connectivity index (χ1v) is 5.69. The number of ether oxygens (including phenoxy) is 1. The zero-order valence-electron chi connectivity index (χ0n) is 8.46. The van der Waals surface area contributed by atoms with E-state index in [2.05, 4.69) is 5.32 Å². The number of esters is 1. The predicted octanol–water partition coefficient (Wildman–Crippen LogP) is 1.54. The van der Waals surface area contributed by atoms with E-state index in [1.54, 1.807) is 6.92 Å². The van der Waals surface area contributed by atoms with Gasteiger partial charge in [-0.2, -0.15) is 0 Å². The predicted molar refractivity (Wildman–Crippen MR) is 55.3 cm³/mol. The molecular formula is C9H15NO3S. The summed E-state index contributed by atoms with van der Waals surface area (Å²) in [4.78, 5) is 22.5. The first-order valence-electron chi connectivity index (χ1n) is 4.70. The molecule has 1 heterocycles. The molecule has 0 radical (unpaired) electrons. The number of nitrogens with one attached hydrogen (secondary N) is 1. The van der Waals surface area contributed by atoms with E-state index in [0.717, 1.165) is 24.6 Å². The summed E-state index contributed by atoms with van der Waals surface area (Å²) in [5, 5.41) is 2.45. The van der Waals surface area contributed by atoms with Gasteiger partial charge in [-0.3, -0.25) is 4.79 Å². The zero-order valence-corrected chi connectivity index (χ0v) is 9.28. The van der Waals surface area contributed by atoms with E-state index in [1.807, 2.05) is 6.92 Å². The van der Waals surface area contributed by atoms with Crippen LogP contribution in [0.25, 0.3) is 0 Å². The Kier molecular flexibility index (Phi) is 3.80. The summed E-state index contributed by atoms with van der Waals surface area (Å²) in [5.74, 6) is 0.126. The Bertz CT molecular complexity index is 244. The molecule has 0 spiro atoms. The number of rotatable bonds is 4. The van der Waals surface area contributed by atoms with Crippen molar-refractivity contribution in [3.63, 3.8) is 0 Å². The third kappa shape index (κ3) is 2.64. The van der Waals surface area contributed by atoms with Gasteiger partial charge in [0.15, 0.2) is 0 Å². The summed E-state index contributed by atoms with van der Waals surface area (Å²) in [5.41, 5.74) is -0.824. The van der Waals surface area contributed by atoms with Gasteiger partial charge in [-0.05, 0) is 13.3 Å². The van der Waals surface area contributed by atoms with Crippen LogP contribution in [-0.4, -0.2) is 29.1 Å². The largest absolute Gasteiger partial charge is 0.464 e. The molecule has 1 rings (SSSR count). The van der Waals surface area contributed by atoms with Gasteiger partial charge in [0, 0.05) is 5.75 Å². The van der Waals surface area contributed by atoms with Crippen molar-refractivity contribution in [2.75, 3.05) is 12.4 Å². The van der Waals surface area contributed by atoms with Crippen LogP contribution in [0.2, 0.25) is 0 Å². The Morgan fingerprint density at radius 3 is 2.93 bits per heavy atom. The zero-order chi connectivity index (χ0) is 10.6. The van der Waals surface area contributed by atoms with E-state index in [1.165, 1.54) is 0 Å². The second-order valence-corrected chi connectivity index (χ2v) is 4.47. The second-order valence-electron chi connectivity index (χ2n) is 3.52. The molecule has 0 aromatic heterocycles. The minimum Gasteiger partial charge on any atom is -0.464 e. The Hall–Kier alpha value is -0.710. The Labute approximate surface area is 87.8 Å². The van der Waals surface area contributed by atoms with Crippen LogP contribution in [0.4, 0.5) is 4.79 Å². The quantitative estimate of drug-likeness (QED) is 0.573. The highest BCUT2D eigenvalue weighted by Gasteiger charge is 2.42. The number of hydrogen-bond acceptors (Lipinski definition) is 4. The molecule has 1 aliphatic heterocycles. The van der Waals surface area contributed by atoms with Crippen LogP contribution < -0.4 is 5.32 Å². The lowest BCUT2D eigenvalue weighted by molar-refractivity contribution is -0.149. The summed E-state index contributed by atoms with van der Waals surface area (Å²) in [6.07, 6.45) is 1.86. The van der Waals surface area contributed by atoms with Gasteiger partial charge in [-0.1, -0.05) is 25.1 Å². The minimum atomic E-state index is -0.824. The van der Waals surface area contributed by atoms with Crippen LogP contribution in [0, 0.1) is 0 Å². The number of unbranched alkanes of at least 4 members (excludes halogenated alkanes) is 1. The van der Waals surface area contributed by atoms with Crippen molar-refractivity contribution in [2.45, 2.75) is 32.2 Å². The van der Waals surface area contributed by atoms with E-state index in [0.29, 0.717) is 12.4 Å². The molecule has 0 saturated carbocycles. The molecule has 1 amide bonds. The fourth-order valence-corrected chi connectivity index (χ4v) is 1.99. The van der Waals surface area contributed by atoms with Crippen molar-refractivity contribution in [1.82, 2.24) is 5.32 Å². The molecule has 0 unspecified atom stereocenters. The van der Waals surface area contributed by atoms with Crippen LogP contribution in [0.5, 0.6) is 0 Å². The van der Waals surface area contributed by atoms with Gasteiger partial charge in [0.25, 0.3) is 5.24 Å². The molecule has 0 bridgehead atoms. The number of thioether (sulfide) groups is 1. The van der Waals surface area contributed by atoms with Gasteiger partial charge in [-0.15, -0.1) is 0 Å². The molecule has 0 aliphatic carbocycles. The number of amides is 1. The molecule has 1 aliphatic rings. The van der Waals surface area contributed by atoms with E-state index in [-0.39, 0.29) is 11.2 Å². The monoisotopic (exact) mass is 217 g/mol. The molecule has 1 saturated heterocycles. The molecule has 0 aromatic carbocycles. The molecule has 1 atom stereocenters. The van der Waals surface area contributed by atoms with Crippen molar-refractivity contribution in [1.29, 1.82) is 0 Å². The van der Waals surface area contributed by atoms with Crippen LogP contribution >= 0.6 is 11.8 Å². The van der Waals surface area contributed by atoms with Crippen LogP contribution in [0.3, 0.4) is 0 Å². The van der Waals surface area contributed by atoms with Gasteiger partial charge < -0.3 is 10.1 Å². The normalized spacial score (nSPS) is 26.0. The van der Waals surface area contributed by atoms with Crippen molar-refractivity contribution in [3.05, 3.63) is 0 Å². The van der Waals surface area contributed by atoms with Gasteiger partial charge in [0.2, 0.25) is 0 Å². The highest BCUT2D eigenvalue weighted by atomic mass is 32.2. The maximum absolute atomic E-state index is 11.5. The second kappa shape index (κ2) is 4.68. The number of carbonyl (C=O) groups excluding carboxylic acids is 2. The summed E-state index contributed by atoms with van der Waals surface area (Å²) in [6, 6.07) is 0. The van der Waals surface area contributed by atoms with Crippen molar-refractivity contribution >= 4 is 23.0 Å². The molecule has 4 nitrogen and oxygen atoms in total. The highest BCUT2D eigenvalue weighted by Crippen LogP contribution is 2.23. The molecule has 14 heavy (non-hydrogen) atoms. The summed E-state index contributed by atoms with van der Waals surface area (Å²) >= 11 is 1.12.